The van der Waals surface area contributed by atoms with Crippen LogP contribution in [0.4, 0.5) is 31.8 Å². The molecule has 1 saturated heterocycles. The van der Waals surface area contributed by atoms with Gasteiger partial charge in [0.1, 0.15) is 41.0 Å². The largest absolute Gasteiger partial charge is 0.495 e. The van der Waals surface area contributed by atoms with E-state index in [9.17, 15) is 8.78 Å². The van der Waals surface area contributed by atoms with Crippen LogP contribution in [0.15, 0.2) is 54.9 Å². The molecule has 2 aromatic carbocycles. The maximum Gasteiger partial charge on any atom is 0.149 e. The molecule has 8 heteroatoms. The number of anilines is 4. The van der Waals surface area contributed by atoms with Gasteiger partial charge in [-0.3, -0.25) is 0 Å². The van der Waals surface area contributed by atoms with Gasteiger partial charge in [-0.05, 0) is 24.3 Å². The van der Waals surface area contributed by atoms with Gasteiger partial charge < -0.3 is 19.9 Å². The minimum atomic E-state index is -0.671. The van der Waals surface area contributed by atoms with Crippen molar-refractivity contribution >= 4 is 23.0 Å². The Labute approximate surface area is 167 Å². The third-order valence-electron chi connectivity index (χ3n) is 4.90. The molecule has 0 atom stereocenters. The van der Waals surface area contributed by atoms with E-state index in [1.165, 1.54) is 24.5 Å². The smallest absolute Gasteiger partial charge is 0.149 e. The highest BCUT2D eigenvalue weighted by Crippen LogP contribution is 2.29. The molecule has 2 heterocycles. The number of piperazine rings is 1. The van der Waals surface area contributed by atoms with Crippen molar-refractivity contribution in [3.8, 4) is 5.75 Å². The number of nitrogens with zero attached hydrogens (tertiary/aromatic N) is 4. The Balaban J connectivity index is 1.46. The maximum absolute atomic E-state index is 13.9. The monoisotopic (exact) mass is 397 g/mol. The van der Waals surface area contributed by atoms with E-state index in [1.807, 2.05) is 24.3 Å². The average molecular weight is 397 g/mol. The van der Waals surface area contributed by atoms with Crippen LogP contribution in [0.25, 0.3) is 0 Å². The van der Waals surface area contributed by atoms with Crippen LogP contribution in [-0.4, -0.2) is 43.3 Å². The third kappa shape index (κ3) is 4.06. The summed E-state index contributed by atoms with van der Waals surface area (Å²) in [5.41, 5.74) is 0.841. The number of halogens is 2. The number of hydrogen-bond acceptors (Lipinski definition) is 6. The van der Waals surface area contributed by atoms with E-state index in [4.69, 9.17) is 4.74 Å². The molecular formula is C21H21F2N5O. The van der Waals surface area contributed by atoms with Crippen LogP contribution in [0.2, 0.25) is 0 Å². The van der Waals surface area contributed by atoms with Crippen molar-refractivity contribution in [2.45, 2.75) is 0 Å². The summed E-state index contributed by atoms with van der Waals surface area (Å²) in [5.74, 6) is 0.553. The Morgan fingerprint density at radius 3 is 2.31 bits per heavy atom. The van der Waals surface area contributed by atoms with E-state index in [-0.39, 0.29) is 5.69 Å². The summed E-state index contributed by atoms with van der Waals surface area (Å²) in [6.45, 7) is 3.11. The first-order valence-electron chi connectivity index (χ1n) is 9.31. The molecule has 6 nitrogen and oxygen atoms in total. The second-order valence-electron chi connectivity index (χ2n) is 6.63. The predicted octanol–water partition coefficient (Wildman–Crippen LogP) is 3.83. The topological polar surface area (TPSA) is 53.5 Å². The molecule has 0 radical (unpaired) electrons. The van der Waals surface area contributed by atoms with Gasteiger partial charge in [0.15, 0.2) is 0 Å². The van der Waals surface area contributed by atoms with E-state index in [2.05, 4.69) is 25.1 Å². The lowest BCUT2D eigenvalue weighted by atomic mass is 10.2. The molecule has 1 aliphatic rings. The minimum Gasteiger partial charge on any atom is -0.495 e. The second-order valence-corrected chi connectivity index (χ2v) is 6.63. The molecule has 1 N–H and O–H groups in total. The third-order valence-corrected chi connectivity index (χ3v) is 4.90. The summed E-state index contributed by atoms with van der Waals surface area (Å²) < 4.78 is 33.2. The van der Waals surface area contributed by atoms with Crippen molar-refractivity contribution < 1.29 is 13.5 Å². The maximum atomic E-state index is 13.9. The van der Waals surface area contributed by atoms with E-state index < -0.39 is 11.6 Å². The van der Waals surface area contributed by atoms with Crippen molar-refractivity contribution in [3.05, 3.63) is 66.5 Å². The van der Waals surface area contributed by atoms with Crippen LogP contribution in [0.5, 0.6) is 5.75 Å². The zero-order valence-electron chi connectivity index (χ0n) is 16.0. The molecule has 0 bridgehead atoms. The van der Waals surface area contributed by atoms with Gasteiger partial charge in [-0.25, -0.2) is 18.7 Å². The molecule has 1 aromatic heterocycles. The van der Waals surface area contributed by atoms with E-state index in [0.717, 1.165) is 37.6 Å². The Morgan fingerprint density at radius 1 is 0.897 bits per heavy atom. The zero-order valence-corrected chi connectivity index (χ0v) is 16.0. The number of benzene rings is 2. The number of ether oxygens (including phenoxy) is 1. The van der Waals surface area contributed by atoms with Crippen LogP contribution < -0.4 is 19.9 Å². The van der Waals surface area contributed by atoms with Crippen LogP contribution in [0.1, 0.15) is 0 Å². The number of rotatable bonds is 5. The first-order chi connectivity index (χ1) is 14.2. The quantitative estimate of drug-likeness (QED) is 0.706. The molecular weight excluding hydrogens is 376 g/mol. The number of nitrogens with one attached hydrogen (secondary N) is 1. The average Bonchev–Trinajstić information content (AvgIpc) is 2.77. The molecule has 0 saturated carbocycles. The number of aromatic nitrogens is 2. The van der Waals surface area contributed by atoms with Gasteiger partial charge in [-0.15, -0.1) is 0 Å². The van der Waals surface area contributed by atoms with Crippen LogP contribution in [0.3, 0.4) is 0 Å². The highest BCUT2D eigenvalue weighted by Gasteiger charge is 2.21. The van der Waals surface area contributed by atoms with Crippen LogP contribution >= 0.6 is 0 Å². The zero-order chi connectivity index (χ0) is 20.2. The number of methoxy groups -OCH3 is 1. The van der Waals surface area contributed by atoms with E-state index in [0.29, 0.717) is 11.6 Å². The molecule has 1 fully saturated rings. The fourth-order valence-electron chi connectivity index (χ4n) is 3.40. The fourth-order valence-corrected chi connectivity index (χ4v) is 3.40. The van der Waals surface area contributed by atoms with Crippen molar-refractivity contribution in [2.24, 2.45) is 0 Å². The summed E-state index contributed by atoms with van der Waals surface area (Å²) in [7, 11) is 1.67. The molecule has 0 spiro atoms. The molecule has 0 amide bonds. The highest BCUT2D eigenvalue weighted by molar-refractivity contribution is 5.62. The Hall–Kier alpha value is -3.42. The van der Waals surface area contributed by atoms with Crippen molar-refractivity contribution in [3.63, 3.8) is 0 Å². The van der Waals surface area contributed by atoms with Gasteiger partial charge in [-0.2, -0.15) is 0 Å². The summed E-state index contributed by atoms with van der Waals surface area (Å²) in [4.78, 5) is 12.8. The Morgan fingerprint density at radius 2 is 1.59 bits per heavy atom. The second kappa shape index (κ2) is 8.30. The molecule has 4 rings (SSSR count). The summed E-state index contributed by atoms with van der Waals surface area (Å²) in [6, 6.07) is 13.4. The lowest BCUT2D eigenvalue weighted by Crippen LogP contribution is -2.47. The van der Waals surface area contributed by atoms with E-state index >= 15 is 0 Å². The van der Waals surface area contributed by atoms with E-state index in [1.54, 1.807) is 13.2 Å². The summed E-state index contributed by atoms with van der Waals surface area (Å²) in [6.07, 6.45) is 1.39. The molecule has 0 unspecified atom stereocenters. The summed E-state index contributed by atoms with van der Waals surface area (Å²) in [5, 5.41) is 2.71. The van der Waals surface area contributed by atoms with Crippen LogP contribution in [-0.2, 0) is 0 Å². The first-order valence-corrected chi connectivity index (χ1v) is 9.31. The Bertz CT molecular complexity index is 972. The van der Waals surface area contributed by atoms with Gasteiger partial charge in [0.2, 0.25) is 0 Å². The van der Waals surface area contributed by atoms with Crippen molar-refractivity contribution in [2.75, 3.05) is 48.4 Å². The molecule has 0 aliphatic carbocycles. The minimum absolute atomic E-state index is 0.224. The fraction of sp³-hybridized carbons (Fsp3) is 0.238. The number of hydrogen-bond donors (Lipinski definition) is 1. The lowest BCUT2D eigenvalue weighted by molar-refractivity contribution is 0.413. The van der Waals surface area contributed by atoms with Gasteiger partial charge in [0.05, 0.1) is 12.8 Å². The molecule has 1 aliphatic heterocycles. The number of para-hydroxylation sites is 3. The molecule has 29 heavy (non-hydrogen) atoms. The first kappa shape index (κ1) is 18.9. The van der Waals surface area contributed by atoms with Gasteiger partial charge in [0.25, 0.3) is 0 Å². The molecule has 150 valence electrons. The van der Waals surface area contributed by atoms with Gasteiger partial charge in [0, 0.05) is 32.2 Å². The van der Waals surface area contributed by atoms with Crippen molar-refractivity contribution in [1.82, 2.24) is 9.97 Å². The Kier molecular flexibility index (Phi) is 5.41. The SMILES string of the molecule is COc1ccccc1N1CCN(c2cc(Nc3c(F)cccc3F)ncn2)CC1. The highest BCUT2D eigenvalue weighted by atomic mass is 19.1. The van der Waals surface area contributed by atoms with Gasteiger partial charge >= 0.3 is 0 Å². The standard InChI is InChI=1S/C21H21F2N5O/c1-29-18-8-3-2-7-17(18)27-9-11-28(12-10-27)20-13-19(24-14-25-20)26-21-15(22)5-4-6-16(21)23/h2-8,13-14H,9-12H2,1H3,(H,24,25,26). The normalized spacial score (nSPS) is 14.0. The van der Waals surface area contributed by atoms with Crippen molar-refractivity contribution in [1.29, 1.82) is 0 Å². The van der Waals surface area contributed by atoms with Crippen LogP contribution in [0, 0.1) is 11.6 Å². The summed E-state index contributed by atoms with van der Waals surface area (Å²) >= 11 is 0. The van der Waals surface area contributed by atoms with Gasteiger partial charge in [-0.1, -0.05) is 18.2 Å². The predicted molar refractivity (Wildman–Crippen MR) is 109 cm³/mol. The molecule has 3 aromatic rings. The lowest BCUT2D eigenvalue weighted by Gasteiger charge is -2.37.